The summed E-state index contributed by atoms with van der Waals surface area (Å²) in [4.78, 5) is 22.8. The lowest BCUT2D eigenvalue weighted by molar-refractivity contribution is -0.122. The van der Waals surface area contributed by atoms with Crippen molar-refractivity contribution in [3.05, 3.63) is 24.3 Å². The first kappa shape index (κ1) is 14.3. The van der Waals surface area contributed by atoms with Crippen LogP contribution in [-0.2, 0) is 9.59 Å². The van der Waals surface area contributed by atoms with Crippen LogP contribution in [0.1, 0.15) is 12.8 Å². The van der Waals surface area contributed by atoms with E-state index < -0.39 is 0 Å². The fraction of sp³-hybridized carbons (Fsp3) is 0.429. The molecule has 0 bridgehead atoms. The van der Waals surface area contributed by atoms with Crippen LogP contribution in [0.5, 0.6) is 5.75 Å². The molecule has 6 heteroatoms. The fourth-order valence-corrected chi connectivity index (χ4v) is 1.61. The van der Waals surface area contributed by atoms with Gasteiger partial charge in [-0.05, 0) is 25.0 Å². The van der Waals surface area contributed by atoms with E-state index in [0.717, 1.165) is 12.8 Å². The predicted molar refractivity (Wildman–Crippen MR) is 75.7 cm³/mol. The Labute approximate surface area is 117 Å². The predicted octanol–water partition coefficient (Wildman–Crippen LogP) is 0.502. The maximum absolute atomic E-state index is 11.7. The third-order valence-corrected chi connectivity index (χ3v) is 2.90. The molecule has 0 heterocycles. The van der Waals surface area contributed by atoms with Gasteiger partial charge in [0.1, 0.15) is 5.75 Å². The molecule has 2 amide bonds. The van der Waals surface area contributed by atoms with Gasteiger partial charge in [-0.3, -0.25) is 9.59 Å². The Kier molecular flexibility index (Phi) is 4.95. The van der Waals surface area contributed by atoms with E-state index in [4.69, 9.17) is 4.74 Å². The first-order valence-electron chi connectivity index (χ1n) is 6.64. The molecule has 20 heavy (non-hydrogen) atoms. The number of ether oxygens (including phenoxy) is 1. The molecular weight excluding hydrogens is 258 g/mol. The van der Waals surface area contributed by atoms with E-state index in [1.807, 2.05) is 0 Å². The first-order chi connectivity index (χ1) is 9.67. The molecule has 1 aliphatic carbocycles. The molecule has 1 aromatic carbocycles. The Morgan fingerprint density at radius 2 is 2.10 bits per heavy atom. The zero-order valence-corrected chi connectivity index (χ0v) is 11.4. The summed E-state index contributed by atoms with van der Waals surface area (Å²) in [7, 11) is 1.55. The normalized spacial score (nSPS) is 13.7. The van der Waals surface area contributed by atoms with Gasteiger partial charge in [0.25, 0.3) is 5.91 Å². The Morgan fingerprint density at radius 3 is 2.80 bits per heavy atom. The minimum absolute atomic E-state index is 0.0445. The van der Waals surface area contributed by atoms with E-state index in [1.54, 1.807) is 31.3 Å². The zero-order valence-electron chi connectivity index (χ0n) is 11.4. The number of hydrogen-bond donors (Lipinski definition) is 3. The van der Waals surface area contributed by atoms with Gasteiger partial charge >= 0.3 is 0 Å². The van der Waals surface area contributed by atoms with Crippen molar-refractivity contribution in [1.29, 1.82) is 0 Å². The minimum atomic E-state index is -0.201. The molecule has 1 fully saturated rings. The number of anilines is 1. The van der Waals surface area contributed by atoms with Crippen molar-refractivity contribution in [2.75, 3.05) is 25.5 Å². The van der Waals surface area contributed by atoms with Crippen molar-refractivity contribution < 1.29 is 14.3 Å². The summed E-state index contributed by atoms with van der Waals surface area (Å²) in [6.07, 6.45) is 2.30. The molecule has 6 nitrogen and oxygen atoms in total. The van der Waals surface area contributed by atoms with Crippen LogP contribution in [0.4, 0.5) is 5.69 Å². The first-order valence-corrected chi connectivity index (χ1v) is 6.64. The largest absolute Gasteiger partial charge is 0.484 e. The number of likely N-dealkylation sites (N-methyl/N-ethyl adjacent to an activating group) is 1. The molecule has 1 saturated carbocycles. The van der Waals surface area contributed by atoms with Crippen LogP contribution in [0.2, 0.25) is 0 Å². The van der Waals surface area contributed by atoms with Gasteiger partial charge in [-0.2, -0.15) is 0 Å². The molecule has 0 spiro atoms. The number of carbonyl (C=O) groups is 2. The highest BCUT2D eigenvalue weighted by Gasteiger charge is 2.21. The summed E-state index contributed by atoms with van der Waals surface area (Å²) < 4.78 is 5.31. The van der Waals surface area contributed by atoms with Crippen molar-refractivity contribution in [2.45, 2.75) is 18.9 Å². The number of rotatable bonds is 7. The quantitative estimate of drug-likeness (QED) is 0.678. The molecule has 0 aliphatic heterocycles. The summed E-state index contributed by atoms with van der Waals surface area (Å²) in [6.45, 7) is 0.269. The Bertz CT molecular complexity index is 486. The van der Waals surface area contributed by atoms with Gasteiger partial charge in [-0.1, -0.05) is 6.07 Å². The molecule has 2 rings (SSSR count). The molecule has 0 saturated heterocycles. The second-order valence-corrected chi connectivity index (χ2v) is 4.69. The Balaban J connectivity index is 1.81. The van der Waals surface area contributed by atoms with Gasteiger partial charge in [0.05, 0.1) is 6.54 Å². The lowest BCUT2D eigenvalue weighted by atomic mass is 10.3. The van der Waals surface area contributed by atoms with E-state index >= 15 is 0 Å². The van der Waals surface area contributed by atoms with Gasteiger partial charge in [0.2, 0.25) is 5.91 Å². The van der Waals surface area contributed by atoms with E-state index in [1.165, 1.54) is 0 Å². The summed E-state index contributed by atoms with van der Waals surface area (Å²) in [5.74, 6) is 0.259. The average molecular weight is 277 g/mol. The van der Waals surface area contributed by atoms with Crippen molar-refractivity contribution in [3.8, 4) is 5.75 Å². The lowest BCUT2D eigenvalue weighted by Gasteiger charge is -2.09. The minimum Gasteiger partial charge on any atom is -0.484 e. The van der Waals surface area contributed by atoms with Gasteiger partial charge in [-0.15, -0.1) is 0 Å². The van der Waals surface area contributed by atoms with Crippen molar-refractivity contribution in [2.24, 2.45) is 0 Å². The van der Waals surface area contributed by atoms with Crippen LogP contribution in [0, 0.1) is 0 Å². The van der Waals surface area contributed by atoms with Crippen molar-refractivity contribution >= 4 is 17.5 Å². The zero-order chi connectivity index (χ0) is 14.4. The van der Waals surface area contributed by atoms with Crippen LogP contribution in [0.25, 0.3) is 0 Å². The highest BCUT2D eigenvalue weighted by molar-refractivity contribution is 5.92. The third kappa shape index (κ3) is 4.89. The van der Waals surface area contributed by atoms with Gasteiger partial charge in [0.15, 0.2) is 6.61 Å². The summed E-state index contributed by atoms with van der Waals surface area (Å²) in [6, 6.07) is 7.48. The monoisotopic (exact) mass is 277 g/mol. The van der Waals surface area contributed by atoms with Crippen LogP contribution in [0.15, 0.2) is 24.3 Å². The van der Waals surface area contributed by atoms with Gasteiger partial charge in [0, 0.05) is 24.8 Å². The third-order valence-electron chi connectivity index (χ3n) is 2.90. The number of benzene rings is 1. The summed E-state index contributed by atoms with van der Waals surface area (Å²) in [5, 5.41) is 8.40. The average Bonchev–Trinajstić information content (AvgIpc) is 3.27. The highest BCUT2D eigenvalue weighted by atomic mass is 16.5. The number of amides is 2. The Hall–Kier alpha value is -2.08. The number of carbonyl (C=O) groups excluding carboxylic acids is 2. The Morgan fingerprint density at radius 1 is 1.30 bits per heavy atom. The second kappa shape index (κ2) is 6.91. The van der Waals surface area contributed by atoms with Crippen LogP contribution in [0.3, 0.4) is 0 Å². The second-order valence-electron chi connectivity index (χ2n) is 4.69. The maximum atomic E-state index is 11.7. The molecule has 0 atom stereocenters. The maximum Gasteiger partial charge on any atom is 0.257 e. The standard InChI is InChI=1S/C14H19N3O3/c1-15-14(19)9-20-12-4-2-3-11(7-12)17-13(18)8-16-10-5-6-10/h2-4,7,10,16H,5-6,8-9H2,1H3,(H,15,19)(H,17,18). The van der Waals surface area contributed by atoms with Crippen molar-refractivity contribution in [3.63, 3.8) is 0 Å². The molecule has 1 aliphatic rings. The van der Waals surface area contributed by atoms with Crippen LogP contribution < -0.4 is 20.7 Å². The molecular formula is C14H19N3O3. The van der Waals surface area contributed by atoms with Gasteiger partial charge < -0.3 is 20.7 Å². The van der Waals surface area contributed by atoms with E-state index in [-0.39, 0.29) is 18.4 Å². The molecule has 108 valence electrons. The number of hydrogen-bond acceptors (Lipinski definition) is 4. The number of nitrogens with one attached hydrogen (secondary N) is 3. The summed E-state index contributed by atoms with van der Waals surface area (Å²) in [5.41, 5.74) is 0.655. The summed E-state index contributed by atoms with van der Waals surface area (Å²) >= 11 is 0. The molecule has 3 N–H and O–H groups in total. The van der Waals surface area contributed by atoms with Crippen molar-refractivity contribution in [1.82, 2.24) is 10.6 Å². The van der Waals surface area contributed by atoms with E-state index in [0.29, 0.717) is 24.0 Å². The van der Waals surface area contributed by atoms with Crippen LogP contribution in [-0.4, -0.2) is 38.1 Å². The molecule has 0 unspecified atom stereocenters. The molecule has 0 radical (unpaired) electrons. The van der Waals surface area contributed by atoms with E-state index in [2.05, 4.69) is 16.0 Å². The SMILES string of the molecule is CNC(=O)COc1cccc(NC(=O)CNC2CC2)c1. The molecule has 1 aromatic rings. The van der Waals surface area contributed by atoms with Crippen LogP contribution >= 0.6 is 0 Å². The fourth-order valence-electron chi connectivity index (χ4n) is 1.61. The lowest BCUT2D eigenvalue weighted by Crippen LogP contribution is -2.29. The molecule has 0 aromatic heterocycles. The topological polar surface area (TPSA) is 79.5 Å². The van der Waals surface area contributed by atoms with E-state index in [9.17, 15) is 9.59 Å². The highest BCUT2D eigenvalue weighted by Crippen LogP contribution is 2.19. The smallest absolute Gasteiger partial charge is 0.257 e. The van der Waals surface area contributed by atoms with Gasteiger partial charge in [-0.25, -0.2) is 0 Å².